The van der Waals surface area contributed by atoms with Gasteiger partial charge in [-0.25, -0.2) is 14.5 Å². The minimum Gasteiger partial charge on any atom is -0.444 e. The van der Waals surface area contributed by atoms with E-state index in [2.05, 4.69) is 20.3 Å². The quantitative estimate of drug-likeness (QED) is 0.417. The van der Waals surface area contributed by atoms with Gasteiger partial charge in [-0.2, -0.15) is 0 Å². The minimum absolute atomic E-state index is 0.0645. The molecule has 0 radical (unpaired) electrons. The van der Waals surface area contributed by atoms with Crippen molar-refractivity contribution in [3.63, 3.8) is 0 Å². The predicted molar refractivity (Wildman–Crippen MR) is 140 cm³/mol. The number of aromatic nitrogens is 5. The van der Waals surface area contributed by atoms with Crippen LogP contribution in [-0.2, 0) is 10.2 Å². The summed E-state index contributed by atoms with van der Waals surface area (Å²) in [4.78, 5) is 27.3. The molecule has 1 saturated heterocycles. The van der Waals surface area contributed by atoms with Crippen molar-refractivity contribution in [3.05, 3.63) is 66.9 Å². The zero-order chi connectivity index (χ0) is 26.0. The topological polar surface area (TPSA) is 118 Å². The minimum atomic E-state index is -0.557. The molecule has 4 aromatic rings. The molecule has 4 heterocycles. The molecule has 0 saturated carbocycles. The number of carbonyl (C=O) groups excluding carboxylic acids is 1. The summed E-state index contributed by atoms with van der Waals surface area (Å²) in [6.07, 6.45) is 7.47. The summed E-state index contributed by atoms with van der Waals surface area (Å²) < 4.78 is 7.39. The number of nitrogens with one attached hydrogen (secondary N) is 1. The van der Waals surface area contributed by atoms with Crippen LogP contribution in [0.4, 0.5) is 16.4 Å². The number of para-hydroxylation sites is 1. The first-order valence-electron chi connectivity index (χ1n) is 12.3. The van der Waals surface area contributed by atoms with Gasteiger partial charge in [0.2, 0.25) is 0 Å². The van der Waals surface area contributed by atoms with Gasteiger partial charge in [0, 0.05) is 42.5 Å². The number of hydrogen-bond acceptors (Lipinski definition) is 8. The molecule has 3 aromatic heterocycles. The first-order valence-corrected chi connectivity index (χ1v) is 12.3. The van der Waals surface area contributed by atoms with Crippen LogP contribution in [0.5, 0.6) is 0 Å². The van der Waals surface area contributed by atoms with Crippen molar-refractivity contribution >= 4 is 28.6 Å². The Bertz CT molecular complexity index is 1390. The summed E-state index contributed by atoms with van der Waals surface area (Å²) in [5.41, 5.74) is 1.42. The lowest BCUT2D eigenvalue weighted by Crippen LogP contribution is -2.48. The Labute approximate surface area is 215 Å². The first-order chi connectivity index (χ1) is 17.8. The number of piperidine rings is 1. The van der Waals surface area contributed by atoms with E-state index < -0.39 is 11.0 Å². The van der Waals surface area contributed by atoms with Gasteiger partial charge in [-0.1, -0.05) is 12.1 Å². The number of benzene rings is 1. The fourth-order valence-corrected chi connectivity index (χ4v) is 4.62. The summed E-state index contributed by atoms with van der Waals surface area (Å²) in [6.45, 7) is 6.47. The lowest BCUT2D eigenvalue weighted by atomic mass is 9.76. The maximum Gasteiger partial charge on any atom is 0.410 e. The van der Waals surface area contributed by atoms with Crippen LogP contribution in [0.3, 0.4) is 0 Å². The van der Waals surface area contributed by atoms with Crippen LogP contribution in [0, 0.1) is 0 Å². The second-order valence-electron chi connectivity index (χ2n) is 10.3. The third-order valence-corrected chi connectivity index (χ3v) is 6.60. The normalized spacial score (nSPS) is 15.5. The molecule has 0 bridgehead atoms. The molecule has 0 aliphatic carbocycles. The van der Waals surface area contributed by atoms with E-state index in [1.165, 1.54) is 0 Å². The van der Waals surface area contributed by atoms with Crippen molar-refractivity contribution in [1.29, 1.82) is 0 Å². The largest absolute Gasteiger partial charge is 0.444 e. The van der Waals surface area contributed by atoms with Crippen molar-refractivity contribution in [1.82, 2.24) is 29.6 Å². The molecule has 1 amide bonds. The maximum atomic E-state index is 12.5. The van der Waals surface area contributed by atoms with Crippen LogP contribution in [0.25, 0.3) is 16.6 Å². The SMILES string of the molecule is CC(C)(C)OC(=O)N1CCC(CO)(c2cc(-n3nc(Nc4cnccn4)c4ccccc43)ccn2)CC1. The summed E-state index contributed by atoms with van der Waals surface area (Å²) >= 11 is 0. The maximum absolute atomic E-state index is 12.5. The Balaban J connectivity index is 1.43. The molecule has 37 heavy (non-hydrogen) atoms. The molecule has 10 nitrogen and oxygen atoms in total. The summed E-state index contributed by atoms with van der Waals surface area (Å²) in [7, 11) is 0. The highest BCUT2D eigenvalue weighted by molar-refractivity contribution is 5.92. The molecule has 1 aliphatic rings. The van der Waals surface area contributed by atoms with Crippen LogP contribution in [0.2, 0.25) is 0 Å². The Morgan fingerprint density at radius 3 is 2.59 bits per heavy atom. The molecule has 1 aromatic carbocycles. The van der Waals surface area contributed by atoms with E-state index in [0.717, 1.165) is 22.3 Å². The molecule has 0 atom stereocenters. The molecular formula is C27H31N7O3. The second kappa shape index (κ2) is 9.78. The smallest absolute Gasteiger partial charge is 0.410 e. The molecular weight excluding hydrogens is 470 g/mol. The Hall–Kier alpha value is -4.05. The number of amides is 1. The van der Waals surface area contributed by atoms with Crippen molar-refractivity contribution in [2.24, 2.45) is 0 Å². The number of carbonyl (C=O) groups is 1. The third-order valence-electron chi connectivity index (χ3n) is 6.60. The number of hydrogen-bond donors (Lipinski definition) is 2. The van der Waals surface area contributed by atoms with Crippen molar-refractivity contribution in [2.75, 3.05) is 25.0 Å². The van der Waals surface area contributed by atoms with E-state index >= 15 is 0 Å². The summed E-state index contributed by atoms with van der Waals surface area (Å²) in [6, 6.07) is 11.8. The predicted octanol–water partition coefficient (Wildman–Crippen LogP) is 4.22. The summed E-state index contributed by atoms with van der Waals surface area (Å²) in [5.74, 6) is 1.27. The number of fused-ring (bicyclic) bond motifs is 1. The van der Waals surface area contributed by atoms with E-state index in [4.69, 9.17) is 9.84 Å². The number of rotatable bonds is 5. The number of nitrogens with zero attached hydrogens (tertiary/aromatic N) is 6. The van der Waals surface area contributed by atoms with Gasteiger partial charge in [-0.05, 0) is 57.9 Å². The van der Waals surface area contributed by atoms with E-state index in [1.807, 2.05) is 61.9 Å². The molecule has 192 valence electrons. The van der Waals surface area contributed by atoms with Crippen molar-refractivity contribution < 1.29 is 14.6 Å². The van der Waals surface area contributed by atoms with Gasteiger partial charge in [0.05, 0.1) is 29.7 Å². The van der Waals surface area contributed by atoms with Gasteiger partial charge < -0.3 is 20.1 Å². The molecule has 0 spiro atoms. The van der Waals surface area contributed by atoms with E-state index in [0.29, 0.717) is 37.6 Å². The number of aliphatic hydroxyl groups excluding tert-OH is 1. The molecule has 0 unspecified atom stereocenters. The Morgan fingerprint density at radius 1 is 1.11 bits per heavy atom. The molecule has 2 N–H and O–H groups in total. The van der Waals surface area contributed by atoms with E-state index in [9.17, 15) is 9.90 Å². The summed E-state index contributed by atoms with van der Waals surface area (Å²) in [5, 5.41) is 19.5. The zero-order valence-electron chi connectivity index (χ0n) is 21.3. The molecule has 5 rings (SSSR count). The van der Waals surface area contributed by atoms with Crippen LogP contribution < -0.4 is 5.32 Å². The highest BCUT2D eigenvalue weighted by atomic mass is 16.6. The molecule has 1 aliphatic heterocycles. The monoisotopic (exact) mass is 501 g/mol. The fourth-order valence-electron chi connectivity index (χ4n) is 4.62. The van der Waals surface area contributed by atoms with Crippen molar-refractivity contribution in [2.45, 2.75) is 44.6 Å². The van der Waals surface area contributed by atoms with Crippen LogP contribution in [0.1, 0.15) is 39.3 Å². The van der Waals surface area contributed by atoms with Crippen LogP contribution in [-0.4, -0.2) is 66.1 Å². The van der Waals surface area contributed by atoms with Gasteiger partial charge in [-0.15, -0.1) is 5.10 Å². The number of aliphatic hydroxyl groups is 1. The van der Waals surface area contributed by atoms with Gasteiger partial charge in [-0.3, -0.25) is 9.97 Å². The second-order valence-corrected chi connectivity index (χ2v) is 10.3. The van der Waals surface area contributed by atoms with E-state index in [1.54, 1.807) is 29.7 Å². The third kappa shape index (κ3) is 5.10. The number of ether oxygens (including phenoxy) is 1. The van der Waals surface area contributed by atoms with Crippen LogP contribution >= 0.6 is 0 Å². The number of pyridine rings is 1. The van der Waals surface area contributed by atoms with E-state index in [-0.39, 0.29) is 12.7 Å². The number of anilines is 2. The highest BCUT2D eigenvalue weighted by Crippen LogP contribution is 2.36. The van der Waals surface area contributed by atoms with Gasteiger partial charge >= 0.3 is 6.09 Å². The first kappa shape index (κ1) is 24.6. The zero-order valence-corrected chi connectivity index (χ0v) is 21.3. The van der Waals surface area contributed by atoms with Gasteiger partial charge in [0.25, 0.3) is 0 Å². The van der Waals surface area contributed by atoms with Crippen molar-refractivity contribution in [3.8, 4) is 5.69 Å². The van der Waals surface area contributed by atoms with Crippen LogP contribution in [0.15, 0.2) is 61.2 Å². The van der Waals surface area contributed by atoms with Gasteiger partial charge in [0.1, 0.15) is 11.4 Å². The Morgan fingerprint density at radius 2 is 1.89 bits per heavy atom. The molecule has 10 heteroatoms. The lowest BCUT2D eigenvalue weighted by molar-refractivity contribution is 0.0119. The Kier molecular flexibility index (Phi) is 6.51. The fraction of sp³-hybridized carbons (Fsp3) is 0.370. The lowest BCUT2D eigenvalue weighted by Gasteiger charge is -2.40. The average Bonchev–Trinajstić information content (AvgIpc) is 3.27. The standard InChI is InChI=1S/C27H31N7O3/c1-26(2,3)37-25(36)33-14-9-27(18-35,10-15-33)22-16-19(8-11-29-22)34-21-7-5-4-6-20(21)24(32-34)31-23-17-28-12-13-30-23/h4-8,11-13,16-17,35H,9-10,14-15,18H2,1-3H3,(H,30,31,32). The average molecular weight is 502 g/mol. The molecule has 1 fully saturated rings. The highest BCUT2D eigenvalue weighted by Gasteiger charge is 2.39. The number of likely N-dealkylation sites (tertiary alicyclic amines) is 1. The van der Waals surface area contributed by atoms with Gasteiger partial charge in [0.15, 0.2) is 5.82 Å².